The van der Waals surface area contributed by atoms with Crippen LogP contribution in [0.4, 0.5) is 0 Å². The summed E-state index contributed by atoms with van der Waals surface area (Å²) >= 11 is 14.1. The Bertz CT molecular complexity index is 1520. The number of hydrogen-bond acceptors (Lipinski definition) is 4. The fourth-order valence-corrected chi connectivity index (χ4v) is 7.19. The molecule has 1 saturated heterocycles. The van der Waals surface area contributed by atoms with Gasteiger partial charge in [-0.2, -0.15) is 0 Å². The minimum absolute atomic E-state index is 0.000471. The van der Waals surface area contributed by atoms with Crippen molar-refractivity contribution in [2.75, 3.05) is 18.9 Å². The molecule has 0 bridgehead atoms. The van der Waals surface area contributed by atoms with Crippen molar-refractivity contribution >= 4 is 46.8 Å². The third kappa shape index (κ3) is 8.42. The topological polar surface area (TPSA) is 58.6 Å². The van der Waals surface area contributed by atoms with Crippen LogP contribution in [0.5, 0.6) is 5.75 Å². The monoisotopic (exact) mass is 682 g/mol. The lowest BCUT2D eigenvalue weighted by Crippen LogP contribution is -2.48. The molecule has 0 saturated carbocycles. The normalized spacial score (nSPS) is 16.8. The lowest BCUT2D eigenvalue weighted by Gasteiger charge is -2.30. The van der Waals surface area contributed by atoms with E-state index in [-0.39, 0.29) is 28.0 Å². The molecule has 3 aromatic carbocycles. The molecule has 1 heterocycles. The highest BCUT2D eigenvalue weighted by Crippen LogP contribution is 2.44. The van der Waals surface area contributed by atoms with Gasteiger partial charge in [-0.1, -0.05) is 101 Å². The number of ether oxygens (including phenoxy) is 1. The summed E-state index contributed by atoms with van der Waals surface area (Å²) in [6.45, 7) is 16.6. The van der Waals surface area contributed by atoms with E-state index in [4.69, 9.17) is 27.9 Å². The number of carbonyl (C=O) groups is 2. The summed E-state index contributed by atoms with van der Waals surface area (Å²) in [5, 5.41) is 3.60. The standard InChI is InChI=1S/C38H48Cl2N2O3S/c1-8-37(4,5)28-17-19-33(29(23-28)38(6,7)9-2)45-21-11-10-20-41-34(43)32-24-46-36(27-16-18-30(39)31(40)22-27)42(32)35(44)26-14-12-25(3)13-15-26/h12-19,22-23,32,36H,8-11,20-21,24H2,1-7H3,(H,41,43). The maximum Gasteiger partial charge on any atom is 0.255 e. The number of halogens is 2. The zero-order valence-corrected chi connectivity index (χ0v) is 30.5. The van der Waals surface area contributed by atoms with Crippen molar-refractivity contribution in [2.24, 2.45) is 0 Å². The van der Waals surface area contributed by atoms with Crippen LogP contribution in [-0.2, 0) is 15.6 Å². The summed E-state index contributed by atoms with van der Waals surface area (Å²) in [5.41, 5.74) is 5.14. The van der Waals surface area contributed by atoms with Gasteiger partial charge in [0.2, 0.25) is 5.91 Å². The molecule has 1 N–H and O–H groups in total. The summed E-state index contributed by atoms with van der Waals surface area (Å²) in [4.78, 5) is 29.0. The van der Waals surface area contributed by atoms with Crippen LogP contribution in [-0.4, -0.2) is 41.7 Å². The quantitative estimate of drug-likeness (QED) is 0.182. The second kappa shape index (κ2) is 15.5. The minimum atomic E-state index is -0.612. The number of amides is 2. The van der Waals surface area contributed by atoms with Crippen molar-refractivity contribution in [3.8, 4) is 5.75 Å². The predicted octanol–water partition coefficient (Wildman–Crippen LogP) is 9.91. The number of rotatable bonds is 13. The van der Waals surface area contributed by atoms with E-state index in [9.17, 15) is 9.59 Å². The first-order valence-corrected chi connectivity index (χ1v) is 18.1. The van der Waals surface area contributed by atoms with Crippen LogP contribution in [0, 0.1) is 6.92 Å². The van der Waals surface area contributed by atoms with Gasteiger partial charge in [0.05, 0.1) is 16.7 Å². The third-order valence-corrected chi connectivity index (χ3v) is 11.5. The van der Waals surface area contributed by atoms with E-state index in [2.05, 4.69) is 65.1 Å². The van der Waals surface area contributed by atoms with Crippen molar-refractivity contribution in [3.63, 3.8) is 0 Å². The van der Waals surface area contributed by atoms with Gasteiger partial charge in [0, 0.05) is 23.4 Å². The maximum atomic E-state index is 13.8. The van der Waals surface area contributed by atoms with E-state index >= 15 is 0 Å². The van der Waals surface area contributed by atoms with E-state index in [1.165, 1.54) is 11.1 Å². The Balaban J connectivity index is 1.39. The molecule has 3 aromatic rings. The molecule has 8 heteroatoms. The van der Waals surface area contributed by atoms with E-state index in [0.717, 1.165) is 42.6 Å². The van der Waals surface area contributed by atoms with Gasteiger partial charge in [-0.15, -0.1) is 11.8 Å². The Hall–Kier alpha value is -2.67. The zero-order chi connectivity index (χ0) is 33.6. The van der Waals surface area contributed by atoms with Crippen LogP contribution in [0.25, 0.3) is 0 Å². The molecule has 2 amide bonds. The number of aryl methyl sites for hydroxylation is 1. The molecule has 0 aromatic heterocycles. The van der Waals surface area contributed by atoms with Crippen LogP contribution in [0.1, 0.15) is 105 Å². The van der Waals surface area contributed by atoms with Gasteiger partial charge in [0.1, 0.15) is 17.2 Å². The first-order chi connectivity index (χ1) is 21.8. The van der Waals surface area contributed by atoms with Gasteiger partial charge >= 0.3 is 0 Å². The summed E-state index contributed by atoms with van der Waals surface area (Å²) in [6.07, 6.45) is 3.64. The Morgan fingerprint density at radius 2 is 1.61 bits per heavy atom. The van der Waals surface area contributed by atoms with Gasteiger partial charge in [0.25, 0.3) is 5.91 Å². The van der Waals surface area contributed by atoms with Crippen molar-refractivity contribution in [3.05, 3.63) is 98.5 Å². The molecule has 5 nitrogen and oxygen atoms in total. The van der Waals surface area contributed by atoms with Gasteiger partial charge < -0.3 is 15.0 Å². The molecule has 0 aliphatic carbocycles. The van der Waals surface area contributed by atoms with Crippen molar-refractivity contribution in [1.82, 2.24) is 10.2 Å². The molecule has 1 aliphatic rings. The third-order valence-electron chi connectivity index (χ3n) is 9.45. The molecule has 248 valence electrons. The Morgan fingerprint density at radius 1 is 0.913 bits per heavy atom. The van der Waals surface area contributed by atoms with E-state index in [1.807, 2.05) is 37.3 Å². The van der Waals surface area contributed by atoms with E-state index in [1.54, 1.807) is 28.8 Å². The van der Waals surface area contributed by atoms with Crippen molar-refractivity contribution < 1.29 is 14.3 Å². The molecule has 0 radical (unpaired) electrons. The number of hydrogen-bond donors (Lipinski definition) is 1. The van der Waals surface area contributed by atoms with Crippen LogP contribution < -0.4 is 10.1 Å². The van der Waals surface area contributed by atoms with Gasteiger partial charge in [0.15, 0.2) is 0 Å². The van der Waals surface area contributed by atoms with Gasteiger partial charge in [-0.3, -0.25) is 9.59 Å². The largest absolute Gasteiger partial charge is 0.493 e. The summed E-state index contributed by atoms with van der Waals surface area (Å²) in [6, 6.07) is 18.9. The number of carbonyl (C=O) groups excluding carboxylic acids is 2. The summed E-state index contributed by atoms with van der Waals surface area (Å²) in [7, 11) is 0. The smallest absolute Gasteiger partial charge is 0.255 e. The number of benzene rings is 3. The van der Waals surface area contributed by atoms with Gasteiger partial charge in [-0.25, -0.2) is 0 Å². The Labute approximate surface area is 289 Å². The highest BCUT2D eigenvalue weighted by atomic mass is 35.5. The highest BCUT2D eigenvalue weighted by Gasteiger charge is 2.42. The molecule has 2 atom stereocenters. The first kappa shape index (κ1) is 36.2. The second-order valence-corrected chi connectivity index (χ2v) is 15.4. The fourth-order valence-electron chi connectivity index (χ4n) is 5.46. The van der Waals surface area contributed by atoms with Crippen LogP contribution in [0.2, 0.25) is 10.0 Å². The Morgan fingerprint density at radius 3 is 2.26 bits per heavy atom. The maximum absolute atomic E-state index is 13.8. The second-order valence-electron chi connectivity index (χ2n) is 13.5. The van der Waals surface area contributed by atoms with E-state index in [0.29, 0.717) is 34.5 Å². The number of nitrogens with one attached hydrogen (secondary N) is 1. The lowest BCUT2D eigenvalue weighted by molar-refractivity contribution is -0.124. The first-order valence-electron chi connectivity index (χ1n) is 16.3. The molecule has 1 aliphatic heterocycles. The summed E-state index contributed by atoms with van der Waals surface area (Å²) in [5.74, 6) is 1.08. The number of unbranched alkanes of at least 4 members (excludes halogenated alkanes) is 1. The lowest BCUT2D eigenvalue weighted by atomic mass is 9.76. The molecule has 0 spiro atoms. The summed E-state index contributed by atoms with van der Waals surface area (Å²) < 4.78 is 6.33. The zero-order valence-electron chi connectivity index (χ0n) is 28.2. The van der Waals surface area contributed by atoms with Crippen LogP contribution >= 0.6 is 35.0 Å². The van der Waals surface area contributed by atoms with Crippen molar-refractivity contribution in [2.45, 2.75) is 96.4 Å². The highest BCUT2D eigenvalue weighted by molar-refractivity contribution is 7.99. The predicted molar refractivity (Wildman–Crippen MR) is 194 cm³/mol. The average molecular weight is 684 g/mol. The Kier molecular flexibility index (Phi) is 12.2. The van der Waals surface area contributed by atoms with Crippen LogP contribution in [0.3, 0.4) is 0 Å². The molecule has 46 heavy (non-hydrogen) atoms. The number of thioether (sulfide) groups is 1. The molecule has 1 fully saturated rings. The SMILES string of the molecule is CCC(C)(C)c1ccc(OCCCCNC(=O)C2CSC(c3ccc(Cl)c(Cl)c3)N2C(=O)c2ccc(C)cc2)c(C(C)(C)CC)c1. The molecular formula is C38H48Cl2N2O3S. The van der Waals surface area contributed by atoms with Gasteiger partial charge in [-0.05, 0) is 84.9 Å². The molecule has 2 unspecified atom stereocenters. The molecule has 4 rings (SSSR count). The molecular weight excluding hydrogens is 635 g/mol. The van der Waals surface area contributed by atoms with E-state index < -0.39 is 6.04 Å². The average Bonchev–Trinajstić information content (AvgIpc) is 3.49. The van der Waals surface area contributed by atoms with Crippen molar-refractivity contribution in [1.29, 1.82) is 0 Å². The minimum Gasteiger partial charge on any atom is -0.493 e. The fraction of sp³-hybridized carbons (Fsp3) is 0.474. The van der Waals surface area contributed by atoms with Crippen LogP contribution in [0.15, 0.2) is 60.7 Å². The number of nitrogens with zero attached hydrogens (tertiary/aromatic N) is 1.